The lowest BCUT2D eigenvalue weighted by Crippen LogP contribution is -2.53. The fraction of sp³-hybridized carbons (Fsp3) is 0.568. The van der Waals surface area contributed by atoms with Crippen LogP contribution >= 0.6 is 0 Å². The van der Waals surface area contributed by atoms with E-state index in [0.29, 0.717) is 18.1 Å². The summed E-state index contributed by atoms with van der Waals surface area (Å²) in [5, 5.41) is 4.46. The van der Waals surface area contributed by atoms with Crippen molar-refractivity contribution in [2.24, 2.45) is 5.92 Å². The first-order valence-corrected chi connectivity index (χ1v) is 15.9. The highest BCUT2D eigenvalue weighted by Gasteiger charge is 2.57. The Hall–Kier alpha value is -2.56. The minimum Gasteiger partial charge on any atom is -0.344 e. The van der Waals surface area contributed by atoms with Crippen molar-refractivity contribution in [1.29, 1.82) is 0 Å². The number of rotatable bonds is 0. The molecule has 41 heavy (non-hydrogen) atoms. The molecule has 7 atom stereocenters. The van der Waals surface area contributed by atoms with Gasteiger partial charge in [-0.2, -0.15) is 0 Å². The smallest absolute Gasteiger partial charge is 0.148 e. The lowest BCUT2D eigenvalue weighted by atomic mass is 9.71. The van der Waals surface area contributed by atoms with Gasteiger partial charge in [0.15, 0.2) is 0 Å². The first kappa shape index (κ1) is 26.1. The zero-order valence-electron chi connectivity index (χ0n) is 27.6. The van der Waals surface area contributed by atoms with Gasteiger partial charge in [-0.25, -0.2) is 0 Å². The highest BCUT2D eigenvalue weighted by molar-refractivity contribution is 6.24. The van der Waals surface area contributed by atoms with Gasteiger partial charge >= 0.3 is 0 Å². The SMILES string of the molecule is CC1=C(C)C2(C)OC3(C)C(C)C(C)n4c(c1c1c5c(c6c7c(C)c(C)c(C)c(C)c7n3c6c14)C(C)N(C)C5C)C2C. The number of ether oxygens (including phenoxy) is 1. The van der Waals surface area contributed by atoms with E-state index in [2.05, 4.69) is 111 Å². The maximum Gasteiger partial charge on any atom is 0.148 e. The number of hydrogen-bond donors (Lipinski definition) is 0. The first-order valence-electron chi connectivity index (χ1n) is 15.9. The van der Waals surface area contributed by atoms with Gasteiger partial charge in [0.1, 0.15) is 5.72 Å². The van der Waals surface area contributed by atoms with E-state index in [-0.39, 0.29) is 11.8 Å². The lowest BCUT2D eigenvalue weighted by molar-refractivity contribution is -0.211. The van der Waals surface area contributed by atoms with Crippen molar-refractivity contribution in [3.05, 3.63) is 50.2 Å². The number of benzene rings is 2. The van der Waals surface area contributed by atoms with Crippen LogP contribution in [0.3, 0.4) is 0 Å². The molecule has 0 fully saturated rings. The van der Waals surface area contributed by atoms with Crippen molar-refractivity contribution < 1.29 is 4.74 Å². The van der Waals surface area contributed by atoms with Crippen molar-refractivity contribution in [3.8, 4) is 0 Å². The van der Waals surface area contributed by atoms with Crippen LogP contribution < -0.4 is 0 Å². The van der Waals surface area contributed by atoms with Crippen LogP contribution in [0.1, 0.15) is 131 Å². The van der Waals surface area contributed by atoms with E-state index >= 15 is 0 Å². The second-order valence-electron chi connectivity index (χ2n) is 14.7. The molecule has 0 saturated carbocycles. The standard InChI is InChI=1S/C37H47N3O/c1-15-16(2)18(4)32-26(17(15)3)31-29-25(11)38(14)24(10)28(29)30-27-19(5)20(6)36(12)22(8)33(27)39-23(9)21(7)37(13,41-36)40(32)35(31)34(30)39/h21-25H,1-14H3. The quantitative estimate of drug-likeness (QED) is 0.218. The highest BCUT2D eigenvalue weighted by atomic mass is 16.5. The fourth-order valence-corrected chi connectivity index (χ4v) is 10.1. The largest absolute Gasteiger partial charge is 0.344 e. The van der Waals surface area contributed by atoms with Crippen LogP contribution in [0.2, 0.25) is 0 Å². The summed E-state index contributed by atoms with van der Waals surface area (Å²) in [6, 6.07) is 1.00. The second-order valence-corrected chi connectivity index (χ2v) is 14.7. The molecule has 4 nitrogen and oxygen atoms in total. The number of allylic oxidation sites excluding steroid dienone is 1. The fourth-order valence-electron chi connectivity index (χ4n) is 10.1. The summed E-state index contributed by atoms with van der Waals surface area (Å²) in [6.45, 7) is 31.1. The predicted molar refractivity (Wildman–Crippen MR) is 172 cm³/mol. The van der Waals surface area contributed by atoms with Crippen LogP contribution in [0.5, 0.6) is 0 Å². The molecule has 4 bridgehead atoms. The minimum absolute atomic E-state index is 0.253. The molecule has 1 aliphatic carbocycles. The molecule has 4 aromatic rings. The van der Waals surface area contributed by atoms with Gasteiger partial charge in [-0.15, -0.1) is 0 Å². The Morgan fingerprint density at radius 3 is 1.90 bits per heavy atom. The van der Waals surface area contributed by atoms with Gasteiger partial charge in [0.05, 0.1) is 22.2 Å². The molecule has 8 rings (SSSR count). The molecule has 0 radical (unpaired) electrons. The topological polar surface area (TPSA) is 22.3 Å². The molecule has 2 aromatic carbocycles. The van der Waals surface area contributed by atoms with E-state index in [0.717, 1.165) is 0 Å². The van der Waals surface area contributed by atoms with Crippen molar-refractivity contribution in [2.75, 3.05) is 7.05 Å². The van der Waals surface area contributed by atoms with Gasteiger partial charge in [-0.3, -0.25) is 4.90 Å². The Kier molecular flexibility index (Phi) is 4.66. The van der Waals surface area contributed by atoms with Crippen LogP contribution in [0, 0.1) is 33.6 Å². The van der Waals surface area contributed by atoms with E-state index < -0.39 is 11.3 Å². The van der Waals surface area contributed by atoms with Gasteiger partial charge in [0, 0.05) is 57.4 Å². The number of nitrogens with zero attached hydrogens (tertiary/aromatic N) is 3. The summed E-state index contributed by atoms with van der Waals surface area (Å²) >= 11 is 0. The summed E-state index contributed by atoms with van der Waals surface area (Å²) in [6.07, 6.45) is 0. The van der Waals surface area contributed by atoms with Gasteiger partial charge < -0.3 is 13.9 Å². The lowest BCUT2D eigenvalue weighted by Gasteiger charge is -2.53. The number of aromatic nitrogens is 2. The summed E-state index contributed by atoms with van der Waals surface area (Å²) in [4.78, 5) is 2.61. The number of fused-ring (bicyclic) bond motifs is 11. The van der Waals surface area contributed by atoms with Crippen LogP contribution in [-0.2, 0) is 10.5 Å². The van der Waals surface area contributed by atoms with E-state index in [1.807, 2.05) is 0 Å². The first-order chi connectivity index (χ1) is 19.1. The van der Waals surface area contributed by atoms with E-state index in [1.54, 1.807) is 11.1 Å². The molecule has 0 spiro atoms. The van der Waals surface area contributed by atoms with Crippen molar-refractivity contribution in [3.63, 3.8) is 0 Å². The zero-order valence-corrected chi connectivity index (χ0v) is 27.6. The molecule has 4 aliphatic rings. The van der Waals surface area contributed by atoms with Crippen LogP contribution in [0.15, 0.2) is 5.57 Å². The predicted octanol–water partition coefficient (Wildman–Crippen LogP) is 9.63. The summed E-state index contributed by atoms with van der Waals surface area (Å²) in [5.74, 6) is 0.519. The zero-order chi connectivity index (χ0) is 29.6. The van der Waals surface area contributed by atoms with Gasteiger partial charge in [0.25, 0.3) is 0 Å². The van der Waals surface area contributed by atoms with Crippen molar-refractivity contribution >= 4 is 38.3 Å². The second kappa shape index (κ2) is 7.32. The van der Waals surface area contributed by atoms with Gasteiger partial charge in [0.2, 0.25) is 0 Å². The van der Waals surface area contributed by atoms with E-state index in [4.69, 9.17) is 4.74 Å². The Morgan fingerprint density at radius 2 is 1.27 bits per heavy atom. The molecule has 216 valence electrons. The summed E-state index contributed by atoms with van der Waals surface area (Å²) < 4.78 is 13.3. The van der Waals surface area contributed by atoms with Gasteiger partial charge in [-0.1, -0.05) is 13.8 Å². The van der Waals surface area contributed by atoms with Crippen molar-refractivity contribution in [2.45, 2.75) is 125 Å². The monoisotopic (exact) mass is 549 g/mol. The maximum atomic E-state index is 7.80. The molecule has 7 unspecified atom stereocenters. The molecule has 4 heteroatoms. The average Bonchev–Trinajstić information content (AvgIpc) is 3.53. The molecular weight excluding hydrogens is 502 g/mol. The third-order valence-corrected chi connectivity index (χ3v) is 13.7. The Morgan fingerprint density at radius 1 is 0.683 bits per heavy atom. The van der Waals surface area contributed by atoms with Crippen LogP contribution in [0.4, 0.5) is 0 Å². The van der Waals surface area contributed by atoms with E-state index in [9.17, 15) is 0 Å². The van der Waals surface area contributed by atoms with E-state index in [1.165, 1.54) is 77.4 Å². The molecule has 0 amide bonds. The summed E-state index contributed by atoms with van der Waals surface area (Å²) in [7, 11) is 2.33. The Labute approximate surface area is 245 Å². The number of aryl methyl sites for hydroxylation is 2. The molecule has 0 saturated heterocycles. The van der Waals surface area contributed by atoms with Crippen molar-refractivity contribution in [1.82, 2.24) is 14.0 Å². The molecule has 0 N–H and O–H groups in total. The average molecular weight is 550 g/mol. The van der Waals surface area contributed by atoms with Crippen LogP contribution in [-0.4, -0.2) is 26.7 Å². The maximum absolute atomic E-state index is 7.80. The Balaban J connectivity index is 1.84. The number of hydrogen-bond acceptors (Lipinski definition) is 2. The van der Waals surface area contributed by atoms with Gasteiger partial charge in [-0.05, 0) is 128 Å². The normalized spacial score (nSPS) is 34.2. The minimum atomic E-state index is -0.530. The molecular formula is C37H47N3O. The third-order valence-electron chi connectivity index (χ3n) is 13.7. The Bertz CT molecular complexity index is 1970. The molecule has 3 aliphatic heterocycles. The summed E-state index contributed by atoms with van der Waals surface area (Å²) in [5.41, 5.74) is 17.9. The highest BCUT2D eigenvalue weighted by Crippen LogP contribution is 2.64. The molecule has 2 aromatic heterocycles. The third kappa shape index (κ3) is 2.42. The van der Waals surface area contributed by atoms with Crippen LogP contribution in [0.25, 0.3) is 38.3 Å². The molecule has 5 heterocycles.